The van der Waals surface area contributed by atoms with E-state index in [0.29, 0.717) is 23.4 Å². The smallest absolute Gasteiger partial charge is 0.276 e. The zero-order valence-electron chi connectivity index (χ0n) is 12.4. The molecule has 1 saturated carbocycles. The Kier molecular flexibility index (Phi) is 6.50. The fourth-order valence-corrected chi connectivity index (χ4v) is 3.80. The molecule has 0 aliphatic heterocycles. The molecule has 120 valence electrons. The van der Waals surface area contributed by atoms with Gasteiger partial charge in [-0.2, -0.15) is 0 Å². The highest BCUT2D eigenvalue weighted by Crippen LogP contribution is 2.27. The number of nitrogens with one attached hydrogen (secondary N) is 1. The number of hydrogen-bond acceptors (Lipinski definition) is 6. The van der Waals surface area contributed by atoms with E-state index in [-0.39, 0.29) is 0 Å². The minimum atomic E-state index is -3.12. The first kappa shape index (κ1) is 16.8. The fourth-order valence-electron chi connectivity index (χ4n) is 2.57. The monoisotopic (exact) mass is 333 g/mol. The zero-order valence-corrected chi connectivity index (χ0v) is 14.0. The van der Waals surface area contributed by atoms with Crippen LogP contribution >= 0.6 is 11.8 Å². The Labute approximate surface area is 130 Å². The van der Waals surface area contributed by atoms with Crippen LogP contribution in [0.1, 0.15) is 44.4 Å². The number of thioether (sulfide) groups is 1. The summed E-state index contributed by atoms with van der Waals surface area (Å²) in [4.78, 5) is 0. The molecule has 1 aromatic heterocycles. The van der Waals surface area contributed by atoms with Gasteiger partial charge in [-0.1, -0.05) is 43.9 Å². The number of aryl methyl sites for hydroxylation is 1. The lowest BCUT2D eigenvalue weighted by Crippen LogP contribution is -2.24. The quantitative estimate of drug-likeness (QED) is 0.580. The van der Waals surface area contributed by atoms with Crippen molar-refractivity contribution in [2.45, 2.75) is 50.2 Å². The van der Waals surface area contributed by atoms with Gasteiger partial charge in [-0.15, -0.1) is 10.2 Å². The largest absolute Gasteiger partial charge is 0.416 e. The Balaban J connectivity index is 1.66. The van der Waals surface area contributed by atoms with E-state index in [1.807, 2.05) is 0 Å². The predicted octanol–water partition coefficient (Wildman–Crippen LogP) is 2.22. The second-order valence-electron chi connectivity index (χ2n) is 5.52. The van der Waals surface area contributed by atoms with Crippen LogP contribution in [0.4, 0.5) is 0 Å². The first-order chi connectivity index (χ1) is 10.0. The summed E-state index contributed by atoms with van der Waals surface area (Å²) < 4.78 is 29.8. The highest BCUT2D eigenvalue weighted by Gasteiger charge is 2.15. The second-order valence-corrected chi connectivity index (χ2v) is 8.40. The van der Waals surface area contributed by atoms with Gasteiger partial charge in [-0.3, -0.25) is 0 Å². The maximum atomic E-state index is 10.9. The zero-order chi connectivity index (χ0) is 15.1. The number of rotatable bonds is 8. The van der Waals surface area contributed by atoms with Gasteiger partial charge in [-0.05, 0) is 12.3 Å². The van der Waals surface area contributed by atoms with E-state index in [4.69, 9.17) is 4.42 Å². The summed E-state index contributed by atoms with van der Waals surface area (Å²) in [6.07, 6.45) is 9.85. The van der Waals surface area contributed by atoms with Crippen molar-refractivity contribution in [3.05, 3.63) is 5.89 Å². The molecular formula is C13H23N3O3S2. The molecule has 0 saturated heterocycles. The highest BCUT2D eigenvalue weighted by molar-refractivity contribution is 7.99. The van der Waals surface area contributed by atoms with E-state index >= 15 is 0 Å². The molecular weight excluding hydrogens is 310 g/mol. The van der Waals surface area contributed by atoms with Gasteiger partial charge in [0.25, 0.3) is 5.22 Å². The molecule has 0 atom stereocenters. The average Bonchev–Trinajstić information content (AvgIpc) is 2.89. The summed E-state index contributed by atoms with van der Waals surface area (Å²) in [6, 6.07) is 0. The molecule has 8 heteroatoms. The van der Waals surface area contributed by atoms with Crippen LogP contribution in [0.15, 0.2) is 9.64 Å². The molecule has 1 N–H and O–H groups in total. The molecule has 0 bridgehead atoms. The lowest BCUT2D eigenvalue weighted by molar-refractivity contribution is 0.322. The van der Waals surface area contributed by atoms with Gasteiger partial charge in [0, 0.05) is 18.7 Å². The minimum absolute atomic E-state index is 0.364. The third kappa shape index (κ3) is 6.80. The first-order valence-electron chi connectivity index (χ1n) is 7.43. The molecule has 6 nitrogen and oxygen atoms in total. The maximum Gasteiger partial charge on any atom is 0.276 e. The molecule has 1 aromatic rings. The van der Waals surface area contributed by atoms with Crippen molar-refractivity contribution in [3.8, 4) is 0 Å². The highest BCUT2D eigenvalue weighted by atomic mass is 32.2. The van der Waals surface area contributed by atoms with E-state index in [1.165, 1.54) is 43.9 Å². The molecule has 21 heavy (non-hydrogen) atoms. The van der Waals surface area contributed by atoms with Crippen molar-refractivity contribution in [2.75, 3.05) is 18.6 Å². The average molecular weight is 333 g/mol. The third-order valence-corrected chi connectivity index (χ3v) is 5.18. The summed E-state index contributed by atoms with van der Waals surface area (Å²) in [5.41, 5.74) is 0. The van der Waals surface area contributed by atoms with E-state index in [9.17, 15) is 8.42 Å². The number of nitrogens with zero attached hydrogens (tertiary/aromatic N) is 2. The van der Waals surface area contributed by atoms with Gasteiger partial charge in [0.15, 0.2) is 0 Å². The summed E-state index contributed by atoms with van der Waals surface area (Å²) in [6.45, 7) is 0.364. The molecule has 0 spiro atoms. The first-order valence-corrected chi connectivity index (χ1v) is 10.3. The Morgan fingerprint density at radius 2 is 2.05 bits per heavy atom. The molecule has 2 rings (SSSR count). The van der Waals surface area contributed by atoms with Gasteiger partial charge in [-0.25, -0.2) is 13.1 Å². The molecule has 1 heterocycles. The molecule has 0 aromatic carbocycles. The second kappa shape index (κ2) is 8.14. The van der Waals surface area contributed by atoms with Crippen LogP contribution < -0.4 is 4.72 Å². The van der Waals surface area contributed by atoms with Gasteiger partial charge in [0.2, 0.25) is 15.9 Å². The Bertz CT molecular complexity index is 525. The maximum absolute atomic E-state index is 10.9. The van der Waals surface area contributed by atoms with Crippen LogP contribution in [-0.4, -0.2) is 37.2 Å². The number of hydrogen-bond donors (Lipinski definition) is 1. The van der Waals surface area contributed by atoms with Crippen molar-refractivity contribution < 1.29 is 12.8 Å². The van der Waals surface area contributed by atoms with Gasteiger partial charge >= 0.3 is 0 Å². The molecule has 1 aliphatic rings. The molecule has 1 aliphatic carbocycles. The van der Waals surface area contributed by atoms with Crippen LogP contribution in [0.3, 0.4) is 0 Å². The predicted molar refractivity (Wildman–Crippen MR) is 82.8 cm³/mol. The van der Waals surface area contributed by atoms with Crippen LogP contribution in [0.5, 0.6) is 0 Å². The minimum Gasteiger partial charge on any atom is -0.416 e. The van der Waals surface area contributed by atoms with Crippen molar-refractivity contribution >= 4 is 21.8 Å². The summed E-state index contributed by atoms with van der Waals surface area (Å²) in [5, 5.41) is 8.55. The van der Waals surface area contributed by atoms with Crippen LogP contribution in [0, 0.1) is 5.92 Å². The van der Waals surface area contributed by atoms with Crippen molar-refractivity contribution in [1.82, 2.24) is 14.9 Å². The van der Waals surface area contributed by atoms with Gasteiger partial charge < -0.3 is 4.42 Å². The standard InChI is InChI=1S/C13H23N3O3S2/c1-21(17,18)14-9-10-20-13-16-15-12(19-13)8-7-11-5-3-2-4-6-11/h11,14H,2-10H2,1H3. The Morgan fingerprint density at radius 1 is 1.29 bits per heavy atom. The fraction of sp³-hybridized carbons (Fsp3) is 0.846. The molecule has 1 fully saturated rings. The lowest BCUT2D eigenvalue weighted by Gasteiger charge is -2.20. The van der Waals surface area contributed by atoms with Gasteiger partial charge in [0.1, 0.15) is 0 Å². The van der Waals surface area contributed by atoms with Crippen molar-refractivity contribution in [3.63, 3.8) is 0 Å². The van der Waals surface area contributed by atoms with E-state index in [1.54, 1.807) is 0 Å². The SMILES string of the molecule is CS(=O)(=O)NCCSc1nnc(CCC2CCCCC2)o1. The number of aromatic nitrogens is 2. The summed E-state index contributed by atoms with van der Waals surface area (Å²) >= 11 is 1.38. The van der Waals surface area contributed by atoms with Crippen LogP contribution in [0.25, 0.3) is 0 Å². The summed E-state index contributed by atoms with van der Waals surface area (Å²) in [5.74, 6) is 2.08. The number of sulfonamides is 1. The van der Waals surface area contributed by atoms with E-state index in [0.717, 1.165) is 25.0 Å². The Morgan fingerprint density at radius 3 is 2.76 bits per heavy atom. The van der Waals surface area contributed by atoms with E-state index in [2.05, 4.69) is 14.9 Å². The van der Waals surface area contributed by atoms with Crippen LogP contribution in [-0.2, 0) is 16.4 Å². The molecule has 0 radical (unpaired) electrons. The summed E-state index contributed by atoms with van der Waals surface area (Å²) in [7, 11) is -3.12. The Hall–Kier alpha value is -0.600. The normalized spacial score (nSPS) is 17.2. The lowest BCUT2D eigenvalue weighted by atomic mass is 9.86. The van der Waals surface area contributed by atoms with Crippen LogP contribution in [0.2, 0.25) is 0 Å². The topological polar surface area (TPSA) is 85.1 Å². The van der Waals surface area contributed by atoms with Crippen molar-refractivity contribution in [2.24, 2.45) is 5.92 Å². The molecule has 0 amide bonds. The van der Waals surface area contributed by atoms with E-state index < -0.39 is 10.0 Å². The molecule has 0 unspecified atom stereocenters. The van der Waals surface area contributed by atoms with Crippen molar-refractivity contribution in [1.29, 1.82) is 0 Å². The van der Waals surface area contributed by atoms with Gasteiger partial charge in [0.05, 0.1) is 6.26 Å². The third-order valence-electron chi connectivity index (χ3n) is 3.63.